The van der Waals surface area contributed by atoms with Crippen LogP contribution in [0.3, 0.4) is 0 Å². The van der Waals surface area contributed by atoms with E-state index in [1.54, 1.807) is 14.2 Å². The number of hydrogen-bond donors (Lipinski definition) is 2. The van der Waals surface area contributed by atoms with Crippen molar-refractivity contribution in [3.8, 4) is 5.75 Å². The number of aryl methyl sites for hydroxylation is 1. The lowest BCUT2D eigenvalue weighted by atomic mass is 10.1. The fourth-order valence-electron chi connectivity index (χ4n) is 3.78. The zero-order valence-corrected chi connectivity index (χ0v) is 19.3. The maximum absolute atomic E-state index is 5.39. The Morgan fingerprint density at radius 1 is 1.35 bits per heavy atom. The van der Waals surface area contributed by atoms with E-state index in [9.17, 15) is 0 Å². The largest absolute Gasteiger partial charge is 0.497 e. The molecule has 2 aromatic rings. The van der Waals surface area contributed by atoms with E-state index in [1.165, 1.54) is 5.56 Å². The van der Waals surface area contributed by atoms with Crippen LogP contribution in [-0.4, -0.2) is 73.1 Å². The minimum atomic E-state index is 0.149. The Morgan fingerprint density at radius 2 is 2.19 bits per heavy atom. The molecule has 2 atom stereocenters. The summed E-state index contributed by atoms with van der Waals surface area (Å²) in [5.74, 6) is 3.45. The highest BCUT2D eigenvalue weighted by atomic mass is 16.5. The summed E-state index contributed by atoms with van der Waals surface area (Å²) in [6, 6.07) is 8.57. The van der Waals surface area contributed by atoms with E-state index in [2.05, 4.69) is 58.8 Å². The van der Waals surface area contributed by atoms with Crippen molar-refractivity contribution in [3.05, 3.63) is 41.5 Å². The Balaban J connectivity index is 1.68. The number of nitrogens with one attached hydrogen (secondary N) is 2. The van der Waals surface area contributed by atoms with Gasteiger partial charge in [-0.3, -0.25) is 4.99 Å². The van der Waals surface area contributed by atoms with Gasteiger partial charge in [-0.1, -0.05) is 12.1 Å². The molecule has 0 radical (unpaired) electrons. The van der Waals surface area contributed by atoms with Crippen LogP contribution in [0.2, 0.25) is 0 Å². The highest BCUT2D eigenvalue weighted by Gasteiger charge is 2.23. The number of methoxy groups -OCH3 is 2. The second kappa shape index (κ2) is 11.1. The molecule has 2 unspecified atom stereocenters. The molecule has 0 aliphatic carbocycles. The molecule has 1 aliphatic rings. The van der Waals surface area contributed by atoms with Crippen molar-refractivity contribution in [2.24, 2.45) is 4.99 Å². The first-order valence-electron chi connectivity index (χ1n) is 10.8. The van der Waals surface area contributed by atoms with Gasteiger partial charge in [-0.15, -0.1) is 0 Å². The summed E-state index contributed by atoms with van der Waals surface area (Å²) in [4.78, 5) is 11.6. The third kappa shape index (κ3) is 6.18. The lowest BCUT2D eigenvalue weighted by Gasteiger charge is -2.27. The van der Waals surface area contributed by atoms with Gasteiger partial charge in [0, 0.05) is 26.1 Å². The van der Waals surface area contributed by atoms with Crippen LogP contribution < -0.4 is 15.4 Å². The van der Waals surface area contributed by atoms with Gasteiger partial charge in [0.15, 0.2) is 11.8 Å². The van der Waals surface area contributed by atoms with Crippen molar-refractivity contribution in [2.75, 3.05) is 41.4 Å². The Labute approximate surface area is 184 Å². The number of aromatic nitrogens is 3. The lowest BCUT2D eigenvalue weighted by Crippen LogP contribution is -2.47. The molecular weight excluding hydrogens is 394 g/mol. The van der Waals surface area contributed by atoms with Gasteiger partial charge in [-0.2, -0.15) is 5.10 Å². The number of benzene rings is 1. The van der Waals surface area contributed by atoms with Crippen LogP contribution in [0.25, 0.3) is 0 Å². The van der Waals surface area contributed by atoms with E-state index in [0.717, 1.165) is 49.3 Å². The van der Waals surface area contributed by atoms with Gasteiger partial charge < -0.3 is 25.0 Å². The van der Waals surface area contributed by atoms with Gasteiger partial charge in [0.1, 0.15) is 18.2 Å². The maximum Gasteiger partial charge on any atom is 0.191 e. The second-order valence-electron chi connectivity index (χ2n) is 7.91. The maximum atomic E-state index is 5.39. The number of nitrogens with zero attached hydrogens (tertiary/aromatic N) is 5. The number of aliphatic imine (C=N–C) groups is 1. The van der Waals surface area contributed by atoms with Crippen LogP contribution in [0.4, 0.5) is 0 Å². The Morgan fingerprint density at radius 3 is 2.90 bits per heavy atom. The minimum absolute atomic E-state index is 0.149. The fourth-order valence-corrected chi connectivity index (χ4v) is 3.78. The molecule has 3 rings (SSSR count). The molecule has 0 amide bonds. The van der Waals surface area contributed by atoms with Crippen molar-refractivity contribution in [1.82, 2.24) is 30.3 Å². The zero-order valence-electron chi connectivity index (χ0n) is 19.3. The fraction of sp³-hybridized carbons (Fsp3) is 0.591. The lowest BCUT2D eigenvalue weighted by molar-refractivity contribution is 0.177. The summed E-state index contributed by atoms with van der Waals surface area (Å²) in [6.07, 6.45) is 1.88. The number of hydrogen-bond acceptors (Lipinski definition) is 6. The molecule has 0 spiro atoms. The number of rotatable bonds is 9. The summed E-state index contributed by atoms with van der Waals surface area (Å²) in [5, 5.41) is 11.5. The van der Waals surface area contributed by atoms with Crippen LogP contribution in [0.1, 0.15) is 36.6 Å². The van der Waals surface area contributed by atoms with E-state index < -0.39 is 0 Å². The summed E-state index contributed by atoms with van der Waals surface area (Å²) in [5.41, 5.74) is 1.18. The van der Waals surface area contributed by atoms with Crippen molar-refractivity contribution < 1.29 is 9.47 Å². The first kappa shape index (κ1) is 23.0. The smallest absolute Gasteiger partial charge is 0.191 e. The predicted molar refractivity (Wildman–Crippen MR) is 121 cm³/mol. The molecule has 0 saturated heterocycles. The Kier molecular flexibility index (Phi) is 8.25. The van der Waals surface area contributed by atoms with E-state index >= 15 is 0 Å². The van der Waals surface area contributed by atoms with Gasteiger partial charge in [0.05, 0.1) is 26.2 Å². The summed E-state index contributed by atoms with van der Waals surface area (Å²) < 4.78 is 12.5. The number of ether oxygens (including phenoxy) is 2. The van der Waals surface area contributed by atoms with Crippen LogP contribution in [-0.2, 0) is 24.3 Å². The van der Waals surface area contributed by atoms with Gasteiger partial charge in [0.2, 0.25) is 0 Å². The summed E-state index contributed by atoms with van der Waals surface area (Å²) in [6.45, 7) is 4.73. The molecule has 2 N–H and O–H groups in total. The van der Waals surface area contributed by atoms with Crippen LogP contribution in [0.15, 0.2) is 29.3 Å². The first-order valence-corrected chi connectivity index (χ1v) is 10.8. The van der Waals surface area contributed by atoms with E-state index in [4.69, 9.17) is 14.5 Å². The van der Waals surface area contributed by atoms with E-state index in [0.29, 0.717) is 13.2 Å². The van der Waals surface area contributed by atoms with Crippen molar-refractivity contribution >= 4 is 5.96 Å². The second-order valence-corrected chi connectivity index (χ2v) is 7.91. The number of fused-ring (bicyclic) bond motifs is 1. The highest BCUT2D eigenvalue weighted by Crippen LogP contribution is 2.23. The van der Waals surface area contributed by atoms with Crippen molar-refractivity contribution in [3.63, 3.8) is 0 Å². The quantitative estimate of drug-likeness (QED) is 0.462. The molecule has 170 valence electrons. The number of guanidine groups is 1. The third-order valence-electron chi connectivity index (χ3n) is 5.38. The van der Waals surface area contributed by atoms with Crippen LogP contribution in [0, 0.1) is 0 Å². The molecule has 9 nitrogen and oxygen atoms in total. The van der Waals surface area contributed by atoms with Crippen molar-refractivity contribution in [2.45, 2.75) is 45.0 Å². The molecule has 31 heavy (non-hydrogen) atoms. The molecule has 1 aromatic heterocycles. The van der Waals surface area contributed by atoms with E-state index in [-0.39, 0.29) is 12.1 Å². The first-order chi connectivity index (χ1) is 15.0. The molecule has 0 bridgehead atoms. The van der Waals surface area contributed by atoms with Gasteiger partial charge in [-0.05, 0) is 45.1 Å². The Hall–Kier alpha value is -2.65. The highest BCUT2D eigenvalue weighted by molar-refractivity contribution is 5.80. The van der Waals surface area contributed by atoms with Gasteiger partial charge >= 0.3 is 0 Å². The topological polar surface area (TPSA) is 88.8 Å². The monoisotopic (exact) mass is 429 g/mol. The molecule has 1 aliphatic heterocycles. The number of likely N-dealkylation sites (N-methyl/N-ethyl adjacent to an activating group) is 1. The molecular formula is C22H35N7O2. The standard InChI is InChI=1S/C22H35N7O2/c1-6-23-22(24-13-19(28(2)3)16-8-7-9-18(12-16)31-5)25-17-10-11-21-26-20(15-30-4)27-29(21)14-17/h7-9,12,17,19H,6,10-11,13-15H2,1-5H3,(H2,23,24,25). The summed E-state index contributed by atoms with van der Waals surface area (Å²) >= 11 is 0. The Bertz CT molecular complexity index is 865. The minimum Gasteiger partial charge on any atom is -0.497 e. The van der Waals surface area contributed by atoms with Crippen LogP contribution >= 0.6 is 0 Å². The summed E-state index contributed by atoms with van der Waals surface area (Å²) in [7, 11) is 7.50. The van der Waals surface area contributed by atoms with Crippen LogP contribution in [0.5, 0.6) is 5.75 Å². The average Bonchev–Trinajstić information content (AvgIpc) is 3.16. The van der Waals surface area contributed by atoms with Crippen molar-refractivity contribution in [1.29, 1.82) is 0 Å². The third-order valence-corrected chi connectivity index (χ3v) is 5.38. The molecule has 0 saturated carbocycles. The zero-order chi connectivity index (χ0) is 22.2. The van der Waals surface area contributed by atoms with Gasteiger partial charge in [-0.25, -0.2) is 9.67 Å². The van der Waals surface area contributed by atoms with E-state index in [1.807, 2.05) is 16.8 Å². The van der Waals surface area contributed by atoms with Gasteiger partial charge in [0.25, 0.3) is 0 Å². The molecule has 0 fully saturated rings. The predicted octanol–water partition coefficient (Wildman–Crippen LogP) is 1.61. The molecule has 9 heteroatoms. The SMILES string of the molecule is CCNC(=NCC(c1cccc(OC)c1)N(C)C)NC1CCc2nc(COC)nn2C1. The molecule has 2 heterocycles. The normalized spacial score (nSPS) is 17.4. The molecule has 1 aromatic carbocycles. The average molecular weight is 430 g/mol.